The summed E-state index contributed by atoms with van der Waals surface area (Å²) in [4.78, 5) is 20.6. The van der Waals surface area contributed by atoms with Crippen LogP contribution in [0.2, 0.25) is 0 Å². The van der Waals surface area contributed by atoms with Crippen molar-refractivity contribution in [3.63, 3.8) is 0 Å². The van der Waals surface area contributed by atoms with Crippen molar-refractivity contribution < 1.29 is 18.8 Å². The van der Waals surface area contributed by atoms with Crippen molar-refractivity contribution in [1.29, 1.82) is 0 Å². The number of nitrogens with zero attached hydrogens (tertiary/aromatic N) is 3. The van der Waals surface area contributed by atoms with Crippen LogP contribution >= 0.6 is 11.3 Å². The molecule has 0 aliphatic carbocycles. The van der Waals surface area contributed by atoms with Crippen molar-refractivity contribution in [2.24, 2.45) is 0 Å². The fraction of sp³-hybridized carbons (Fsp3) is 0.588. The maximum absolute atomic E-state index is 12.4. The zero-order chi connectivity index (χ0) is 17.6. The van der Waals surface area contributed by atoms with E-state index in [0.717, 1.165) is 35.7 Å². The molecule has 0 N–H and O–H groups in total. The largest absolute Gasteiger partial charge is 0.378 e. The van der Waals surface area contributed by atoms with Gasteiger partial charge >= 0.3 is 0 Å². The van der Waals surface area contributed by atoms with Crippen molar-refractivity contribution in [3.8, 4) is 0 Å². The first kappa shape index (κ1) is 18.0. The Balaban J connectivity index is 1.38. The van der Waals surface area contributed by atoms with Crippen molar-refractivity contribution in [2.75, 3.05) is 26.8 Å². The van der Waals surface area contributed by atoms with Gasteiger partial charge in [-0.3, -0.25) is 4.79 Å². The fourth-order valence-electron chi connectivity index (χ4n) is 2.82. The van der Waals surface area contributed by atoms with Crippen LogP contribution in [-0.4, -0.2) is 53.9 Å². The Morgan fingerprint density at radius 2 is 2.20 bits per heavy atom. The summed E-state index contributed by atoms with van der Waals surface area (Å²) in [5.41, 5.74) is 0. The number of amides is 1. The molecule has 3 heterocycles. The minimum absolute atomic E-state index is 0.133. The Hall–Kier alpha value is -1.77. The number of carbonyl (C=O) groups excluding carboxylic acids is 1. The third kappa shape index (κ3) is 4.87. The summed E-state index contributed by atoms with van der Waals surface area (Å²) in [6.45, 7) is 4.36. The van der Waals surface area contributed by atoms with Crippen LogP contribution in [0.15, 0.2) is 16.7 Å². The van der Waals surface area contributed by atoms with Gasteiger partial charge in [0.1, 0.15) is 6.61 Å². The first-order valence-corrected chi connectivity index (χ1v) is 9.25. The van der Waals surface area contributed by atoms with Gasteiger partial charge in [0.2, 0.25) is 0 Å². The van der Waals surface area contributed by atoms with Crippen LogP contribution in [0, 0.1) is 6.92 Å². The molecule has 0 bridgehead atoms. The average molecular weight is 365 g/mol. The van der Waals surface area contributed by atoms with E-state index in [4.69, 9.17) is 14.0 Å². The Morgan fingerprint density at radius 3 is 2.88 bits per heavy atom. The van der Waals surface area contributed by atoms with E-state index in [-0.39, 0.29) is 12.0 Å². The lowest BCUT2D eigenvalue weighted by Crippen LogP contribution is -2.40. The number of aryl methyl sites for hydroxylation is 1. The molecular formula is C17H23N3O4S. The number of thiophene rings is 1. The smallest absolute Gasteiger partial charge is 0.263 e. The van der Waals surface area contributed by atoms with Gasteiger partial charge in [-0.1, -0.05) is 5.16 Å². The first-order valence-electron chi connectivity index (χ1n) is 8.43. The van der Waals surface area contributed by atoms with Gasteiger partial charge in [0.15, 0.2) is 5.82 Å². The van der Waals surface area contributed by atoms with Gasteiger partial charge < -0.3 is 18.9 Å². The lowest BCUT2D eigenvalue weighted by molar-refractivity contribution is 0.00961. The molecule has 0 radical (unpaired) electrons. The van der Waals surface area contributed by atoms with Gasteiger partial charge in [-0.05, 0) is 31.9 Å². The van der Waals surface area contributed by atoms with Crippen LogP contribution in [0.25, 0.3) is 0 Å². The van der Waals surface area contributed by atoms with E-state index in [9.17, 15) is 4.79 Å². The summed E-state index contributed by atoms with van der Waals surface area (Å²) in [6.07, 6.45) is 2.51. The molecule has 0 spiro atoms. The highest BCUT2D eigenvalue weighted by atomic mass is 32.1. The molecule has 0 atom stereocenters. The molecule has 136 valence electrons. The number of hydrogen-bond donors (Lipinski definition) is 0. The summed E-state index contributed by atoms with van der Waals surface area (Å²) in [5.74, 6) is 1.25. The minimum atomic E-state index is 0.133. The molecule has 1 amide bonds. The van der Waals surface area contributed by atoms with Crippen LogP contribution < -0.4 is 0 Å². The normalized spacial score (nSPS) is 15.7. The van der Waals surface area contributed by atoms with Gasteiger partial charge in [0, 0.05) is 31.5 Å². The summed E-state index contributed by atoms with van der Waals surface area (Å²) >= 11 is 1.55. The molecule has 2 aromatic rings. The van der Waals surface area contributed by atoms with Crippen LogP contribution in [0.1, 0.15) is 39.1 Å². The van der Waals surface area contributed by atoms with Crippen molar-refractivity contribution >= 4 is 17.2 Å². The van der Waals surface area contributed by atoms with E-state index in [0.29, 0.717) is 31.3 Å². The maximum atomic E-state index is 12.4. The predicted octanol–water partition coefficient (Wildman–Crippen LogP) is 2.45. The van der Waals surface area contributed by atoms with Gasteiger partial charge in [0.05, 0.1) is 17.6 Å². The van der Waals surface area contributed by atoms with Gasteiger partial charge in [-0.25, -0.2) is 0 Å². The average Bonchev–Trinajstić information content (AvgIpc) is 3.24. The van der Waals surface area contributed by atoms with Crippen molar-refractivity contribution in [2.45, 2.75) is 38.9 Å². The lowest BCUT2D eigenvalue weighted by Gasteiger charge is -2.31. The molecule has 25 heavy (non-hydrogen) atoms. The highest BCUT2D eigenvalue weighted by Gasteiger charge is 2.24. The van der Waals surface area contributed by atoms with E-state index in [1.54, 1.807) is 18.4 Å². The third-order valence-electron chi connectivity index (χ3n) is 4.14. The number of methoxy groups -OCH3 is 1. The monoisotopic (exact) mass is 365 g/mol. The van der Waals surface area contributed by atoms with Crippen LogP contribution in [-0.2, 0) is 22.5 Å². The Morgan fingerprint density at radius 1 is 1.40 bits per heavy atom. The SMILES string of the molecule is COCc1nc(CCOC2CCN(C(=O)c3ccc(C)s3)CC2)no1. The molecule has 2 aromatic heterocycles. The number of piperidine rings is 1. The predicted molar refractivity (Wildman–Crippen MR) is 92.6 cm³/mol. The van der Waals surface area contributed by atoms with E-state index in [1.807, 2.05) is 24.0 Å². The number of carbonyl (C=O) groups is 1. The van der Waals surface area contributed by atoms with Crippen LogP contribution in [0.3, 0.4) is 0 Å². The molecule has 8 heteroatoms. The second kappa shape index (κ2) is 8.55. The number of likely N-dealkylation sites (tertiary alicyclic amines) is 1. The van der Waals surface area contributed by atoms with Crippen molar-refractivity contribution in [1.82, 2.24) is 15.0 Å². The Bertz CT molecular complexity index is 692. The fourth-order valence-corrected chi connectivity index (χ4v) is 3.66. The second-order valence-corrected chi connectivity index (χ2v) is 7.35. The van der Waals surface area contributed by atoms with E-state index >= 15 is 0 Å². The molecule has 0 unspecified atom stereocenters. The van der Waals surface area contributed by atoms with Crippen LogP contribution in [0.5, 0.6) is 0 Å². The summed E-state index contributed by atoms with van der Waals surface area (Å²) in [5, 5.41) is 3.89. The standard InChI is InChI=1S/C17H23N3O4S/c1-12-3-4-14(25-12)17(21)20-8-5-13(6-9-20)23-10-7-15-18-16(11-22-2)24-19-15/h3-4,13H,5-11H2,1-2H3. The zero-order valence-electron chi connectivity index (χ0n) is 14.6. The Kier molecular flexibility index (Phi) is 6.17. The number of aromatic nitrogens is 2. The highest BCUT2D eigenvalue weighted by Crippen LogP contribution is 2.21. The van der Waals surface area contributed by atoms with E-state index in [1.165, 1.54) is 0 Å². The molecule has 3 rings (SSSR count). The molecule has 1 saturated heterocycles. The molecular weight excluding hydrogens is 342 g/mol. The molecule has 0 saturated carbocycles. The molecule has 1 aliphatic heterocycles. The summed E-state index contributed by atoms with van der Waals surface area (Å²) < 4.78 is 15.9. The Labute approximate surface area is 150 Å². The summed E-state index contributed by atoms with van der Waals surface area (Å²) in [7, 11) is 1.59. The van der Waals surface area contributed by atoms with E-state index in [2.05, 4.69) is 10.1 Å². The highest BCUT2D eigenvalue weighted by molar-refractivity contribution is 7.13. The number of ether oxygens (including phenoxy) is 2. The van der Waals surface area contributed by atoms with Gasteiger partial charge in [-0.2, -0.15) is 4.98 Å². The van der Waals surface area contributed by atoms with Gasteiger partial charge in [0.25, 0.3) is 11.8 Å². The minimum Gasteiger partial charge on any atom is -0.378 e. The summed E-state index contributed by atoms with van der Waals surface area (Å²) in [6, 6.07) is 3.90. The van der Waals surface area contributed by atoms with Gasteiger partial charge in [-0.15, -0.1) is 11.3 Å². The van der Waals surface area contributed by atoms with Crippen LogP contribution in [0.4, 0.5) is 0 Å². The number of rotatable bonds is 7. The van der Waals surface area contributed by atoms with Crippen molar-refractivity contribution in [3.05, 3.63) is 33.6 Å². The molecule has 1 fully saturated rings. The second-order valence-electron chi connectivity index (χ2n) is 6.06. The topological polar surface area (TPSA) is 77.7 Å². The van der Waals surface area contributed by atoms with E-state index < -0.39 is 0 Å². The molecule has 7 nitrogen and oxygen atoms in total. The third-order valence-corrected chi connectivity index (χ3v) is 5.13. The number of hydrogen-bond acceptors (Lipinski definition) is 7. The molecule has 0 aromatic carbocycles. The first-order chi connectivity index (χ1) is 12.2. The lowest BCUT2D eigenvalue weighted by atomic mass is 10.1. The quantitative estimate of drug-likeness (QED) is 0.750. The molecule has 1 aliphatic rings. The zero-order valence-corrected chi connectivity index (χ0v) is 15.4. The maximum Gasteiger partial charge on any atom is 0.263 e.